The van der Waals surface area contributed by atoms with Gasteiger partial charge in [-0.05, 0) is 24.3 Å². The van der Waals surface area contributed by atoms with Gasteiger partial charge in [-0.25, -0.2) is 4.79 Å². The maximum Gasteiger partial charge on any atom is 0.345 e. The predicted molar refractivity (Wildman–Crippen MR) is 91.8 cm³/mol. The molecule has 2 aromatic carbocycles. The Morgan fingerprint density at radius 2 is 1.71 bits per heavy atom. The van der Waals surface area contributed by atoms with Crippen LogP contribution in [-0.2, 0) is 9.53 Å². The highest BCUT2D eigenvalue weighted by Gasteiger charge is 2.10. The van der Waals surface area contributed by atoms with Crippen molar-refractivity contribution in [2.24, 2.45) is 0 Å². The van der Waals surface area contributed by atoms with Crippen molar-refractivity contribution in [3.05, 3.63) is 63.1 Å². The summed E-state index contributed by atoms with van der Waals surface area (Å²) in [7, 11) is 0. The lowest BCUT2D eigenvalue weighted by Gasteiger charge is -2.09. The fourth-order valence-corrected chi connectivity index (χ4v) is 2.18. The third-order valence-corrected chi connectivity index (χ3v) is 3.90. The van der Waals surface area contributed by atoms with Crippen molar-refractivity contribution < 1.29 is 19.1 Å². The summed E-state index contributed by atoms with van der Waals surface area (Å²) in [6, 6.07) is 11.1. The van der Waals surface area contributed by atoms with Crippen molar-refractivity contribution in [3.63, 3.8) is 0 Å². The van der Waals surface area contributed by atoms with Gasteiger partial charge in [-0.2, -0.15) is 0 Å². The summed E-state index contributed by atoms with van der Waals surface area (Å²) in [6.07, 6.45) is 0. The van der Waals surface area contributed by atoms with Gasteiger partial charge >= 0.3 is 5.97 Å². The summed E-state index contributed by atoms with van der Waals surface area (Å²) in [5.41, 5.74) is 0.294. The van der Waals surface area contributed by atoms with Crippen LogP contribution >= 0.6 is 34.8 Å². The Bertz CT molecular complexity index is 752. The number of amides is 1. The lowest BCUT2D eigenvalue weighted by atomic mass is 10.2. The fourth-order valence-electron chi connectivity index (χ4n) is 1.67. The maximum absolute atomic E-state index is 11.9. The van der Waals surface area contributed by atoms with E-state index in [1.807, 2.05) is 0 Å². The smallest absolute Gasteiger partial charge is 0.345 e. The molecular weight excluding hydrogens is 377 g/mol. The molecule has 0 aliphatic heterocycles. The lowest BCUT2D eigenvalue weighted by molar-refractivity contribution is -0.146. The molecule has 0 saturated heterocycles. The number of nitrogens with one attached hydrogen (secondary N) is 1. The van der Waals surface area contributed by atoms with Crippen LogP contribution in [0.4, 0.5) is 0 Å². The van der Waals surface area contributed by atoms with Crippen LogP contribution in [0, 0.1) is 0 Å². The van der Waals surface area contributed by atoms with Gasteiger partial charge in [-0.3, -0.25) is 4.79 Å². The number of esters is 1. The lowest BCUT2D eigenvalue weighted by Crippen LogP contribution is -2.29. The van der Waals surface area contributed by atoms with E-state index in [2.05, 4.69) is 5.32 Å². The van der Waals surface area contributed by atoms with E-state index in [9.17, 15) is 9.59 Å². The molecule has 0 atom stereocenters. The molecule has 0 aromatic heterocycles. The highest BCUT2D eigenvalue weighted by Crippen LogP contribution is 2.26. The molecule has 0 saturated carbocycles. The van der Waals surface area contributed by atoms with Gasteiger partial charge in [-0.15, -0.1) is 0 Å². The number of rotatable bonds is 6. The van der Waals surface area contributed by atoms with Gasteiger partial charge in [0.25, 0.3) is 5.91 Å². The number of hydrogen-bond acceptors (Lipinski definition) is 4. The van der Waals surface area contributed by atoms with E-state index in [-0.39, 0.29) is 13.3 Å². The summed E-state index contributed by atoms with van der Waals surface area (Å²) in [5, 5.41) is 3.43. The number of carbonyl (C=O) groups excluding carboxylic acids is 2. The van der Waals surface area contributed by atoms with Crippen LogP contribution in [0.5, 0.6) is 5.75 Å². The van der Waals surface area contributed by atoms with Crippen molar-refractivity contribution in [2.75, 3.05) is 13.3 Å². The zero-order valence-electron chi connectivity index (χ0n) is 12.2. The average molecular weight is 389 g/mol. The minimum atomic E-state index is -0.652. The van der Waals surface area contributed by atoms with Crippen LogP contribution in [-0.4, -0.2) is 25.2 Å². The molecule has 24 heavy (non-hydrogen) atoms. The molecular formula is C16H12Cl3NO4. The van der Waals surface area contributed by atoms with E-state index in [0.29, 0.717) is 26.4 Å². The molecule has 0 bridgehead atoms. The molecule has 1 N–H and O–H groups in total. The second kappa shape index (κ2) is 8.78. The molecule has 0 spiro atoms. The first-order valence-corrected chi connectivity index (χ1v) is 7.87. The highest BCUT2D eigenvalue weighted by atomic mass is 35.5. The summed E-state index contributed by atoms with van der Waals surface area (Å²) >= 11 is 17.5. The third kappa shape index (κ3) is 5.30. The molecule has 0 fully saturated rings. The zero-order valence-corrected chi connectivity index (χ0v) is 14.5. The first-order chi connectivity index (χ1) is 11.5. The normalized spacial score (nSPS) is 10.1. The van der Waals surface area contributed by atoms with Crippen LogP contribution in [0.2, 0.25) is 15.1 Å². The molecule has 0 heterocycles. The van der Waals surface area contributed by atoms with Gasteiger partial charge in [0.1, 0.15) is 5.75 Å². The van der Waals surface area contributed by atoms with Crippen LogP contribution < -0.4 is 10.1 Å². The number of hydrogen-bond donors (Lipinski definition) is 1. The van der Waals surface area contributed by atoms with Crippen LogP contribution in [0.1, 0.15) is 10.4 Å². The van der Waals surface area contributed by atoms with Gasteiger partial charge in [0.2, 0.25) is 0 Å². The van der Waals surface area contributed by atoms with Crippen molar-refractivity contribution in [1.82, 2.24) is 5.32 Å². The minimum absolute atomic E-state index is 0.294. The van der Waals surface area contributed by atoms with E-state index >= 15 is 0 Å². The Hall–Kier alpha value is -1.95. The summed E-state index contributed by atoms with van der Waals surface area (Å²) in [6.45, 7) is -0.631. The van der Waals surface area contributed by atoms with Gasteiger partial charge in [0.05, 0.1) is 20.6 Å². The van der Waals surface area contributed by atoms with E-state index < -0.39 is 11.9 Å². The minimum Gasteiger partial charge on any atom is -0.482 e. The maximum atomic E-state index is 11.9. The fraction of sp³-hybridized carbons (Fsp3) is 0.125. The van der Waals surface area contributed by atoms with Crippen molar-refractivity contribution in [2.45, 2.75) is 0 Å². The monoisotopic (exact) mass is 387 g/mol. The number of carbonyl (C=O) groups is 2. The van der Waals surface area contributed by atoms with E-state index in [1.54, 1.807) is 36.4 Å². The molecule has 2 aromatic rings. The molecule has 8 heteroatoms. The number of halogens is 3. The zero-order chi connectivity index (χ0) is 17.5. The first kappa shape index (κ1) is 18.4. The molecule has 0 aliphatic carbocycles. The Morgan fingerprint density at radius 3 is 2.42 bits per heavy atom. The third-order valence-electron chi connectivity index (χ3n) is 2.83. The Labute approximate surface area is 153 Å². The topological polar surface area (TPSA) is 64.6 Å². The number of benzene rings is 2. The average Bonchev–Trinajstić information content (AvgIpc) is 2.56. The quantitative estimate of drug-likeness (QED) is 0.601. The molecule has 1 amide bonds. The highest BCUT2D eigenvalue weighted by molar-refractivity contribution is 6.42. The van der Waals surface area contributed by atoms with Gasteiger partial charge in [0, 0.05) is 6.07 Å². The molecule has 0 unspecified atom stereocenters. The largest absolute Gasteiger partial charge is 0.482 e. The molecule has 5 nitrogen and oxygen atoms in total. The molecule has 2 rings (SSSR count). The van der Waals surface area contributed by atoms with E-state index in [0.717, 1.165) is 0 Å². The Kier molecular flexibility index (Phi) is 6.73. The SMILES string of the molecule is O=C(COc1ccc(Cl)c(Cl)c1)OCNC(=O)c1ccccc1Cl. The molecule has 0 radical (unpaired) electrons. The molecule has 126 valence electrons. The Balaban J connectivity index is 1.74. The number of ether oxygens (including phenoxy) is 2. The second-order valence-corrected chi connectivity index (χ2v) is 5.73. The van der Waals surface area contributed by atoms with E-state index in [1.165, 1.54) is 6.07 Å². The van der Waals surface area contributed by atoms with Crippen LogP contribution in [0.3, 0.4) is 0 Å². The first-order valence-electron chi connectivity index (χ1n) is 6.73. The summed E-state index contributed by atoms with van der Waals surface area (Å²) in [5.74, 6) is -0.721. The second-order valence-electron chi connectivity index (χ2n) is 4.51. The van der Waals surface area contributed by atoms with Crippen molar-refractivity contribution in [1.29, 1.82) is 0 Å². The van der Waals surface area contributed by atoms with Crippen LogP contribution in [0.15, 0.2) is 42.5 Å². The Morgan fingerprint density at radius 1 is 0.958 bits per heavy atom. The molecule has 0 aliphatic rings. The van der Waals surface area contributed by atoms with Crippen LogP contribution in [0.25, 0.3) is 0 Å². The van der Waals surface area contributed by atoms with Gasteiger partial charge in [0.15, 0.2) is 13.3 Å². The summed E-state index contributed by atoms with van der Waals surface area (Å²) < 4.78 is 10.1. The summed E-state index contributed by atoms with van der Waals surface area (Å²) in [4.78, 5) is 23.4. The van der Waals surface area contributed by atoms with Crippen molar-refractivity contribution in [3.8, 4) is 5.75 Å². The van der Waals surface area contributed by atoms with Crippen molar-refractivity contribution >= 4 is 46.7 Å². The van der Waals surface area contributed by atoms with E-state index in [4.69, 9.17) is 44.3 Å². The van der Waals surface area contributed by atoms with Gasteiger partial charge in [-0.1, -0.05) is 46.9 Å². The standard InChI is InChI=1S/C16H12Cl3NO4/c17-12-4-2-1-3-11(12)16(22)20-9-24-15(21)8-23-10-5-6-13(18)14(19)7-10/h1-7H,8-9H2,(H,20,22). The van der Waals surface area contributed by atoms with Gasteiger partial charge < -0.3 is 14.8 Å². The predicted octanol–water partition coefficient (Wildman–Crippen LogP) is 3.96.